The van der Waals surface area contributed by atoms with E-state index in [1.54, 1.807) is 11.3 Å². The van der Waals surface area contributed by atoms with Crippen LogP contribution in [0.25, 0.3) is 0 Å². The Morgan fingerprint density at radius 1 is 1.42 bits per heavy atom. The molecule has 4 heteroatoms. The van der Waals surface area contributed by atoms with Gasteiger partial charge in [-0.3, -0.25) is 0 Å². The van der Waals surface area contributed by atoms with Crippen LogP contribution in [-0.4, -0.2) is 6.54 Å². The molecular weight excluding hydrogens is 278 g/mol. The Balaban J connectivity index is 1.95. The van der Waals surface area contributed by atoms with Crippen LogP contribution in [0.4, 0.5) is 0 Å². The highest BCUT2D eigenvalue weighted by Gasteiger charge is 2.29. The topological polar surface area (TPSA) is 21.3 Å². The maximum atomic E-state index is 6.12. The zero-order chi connectivity index (χ0) is 13.2. The molecule has 0 saturated heterocycles. The minimum atomic E-state index is 0.129. The molecule has 0 fully saturated rings. The maximum absolute atomic E-state index is 6.12. The fraction of sp³-hybridized carbons (Fsp3) is 0.333. The molecule has 1 aliphatic rings. The highest BCUT2D eigenvalue weighted by molar-refractivity contribution is 7.07. The van der Waals surface area contributed by atoms with Crippen LogP contribution in [0, 0.1) is 0 Å². The van der Waals surface area contributed by atoms with Gasteiger partial charge >= 0.3 is 0 Å². The third-order valence-corrected chi connectivity index (χ3v) is 4.37. The number of benzene rings is 1. The number of hydrogen-bond acceptors (Lipinski definition) is 3. The molecule has 2 unspecified atom stereocenters. The van der Waals surface area contributed by atoms with E-state index in [0.29, 0.717) is 6.04 Å². The summed E-state index contributed by atoms with van der Waals surface area (Å²) in [5.74, 6) is 0.942. The highest BCUT2D eigenvalue weighted by atomic mass is 35.5. The molecule has 100 valence electrons. The molecule has 3 rings (SSSR count). The van der Waals surface area contributed by atoms with Crippen LogP contribution in [0.15, 0.2) is 35.0 Å². The SMILES string of the molecule is CCNC1CC(c2ccsc2)Oc2ccc(Cl)cc21. The van der Waals surface area contributed by atoms with E-state index < -0.39 is 0 Å². The largest absolute Gasteiger partial charge is 0.485 e. The van der Waals surface area contributed by atoms with E-state index in [9.17, 15) is 0 Å². The lowest BCUT2D eigenvalue weighted by Crippen LogP contribution is -2.28. The Hall–Kier alpha value is -1.03. The molecule has 0 radical (unpaired) electrons. The Labute approximate surface area is 122 Å². The third-order valence-electron chi connectivity index (χ3n) is 3.43. The summed E-state index contributed by atoms with van der Waals surface area (Å²) in [7, 11) is 0. The Morgan fingerprint density at radius 2 is 2.32 bits per heavy atom. The molecule has 0 saturated carbocycles. The molecule has 0 bridgehead atoms. The number of nitrogens with one attached hydrogen (secondary N) is 1. The maximum Gasteiger partial charge on any atom is 0.126 e. The summed E-state index contributed by atoms with van der Waals surface area (Å²) in [5, 5.41) is 8.54. The molecule has 2 heterocycles. The van der Waals surface area contributed by atoms with Crippen molar-refractivity contribution in [2.24, 2.45) is 0 Å². The van der Waals surface area contributed by atoms with E-state index >= 15 is 0 Å². The summed E-state index contributed by atoms with van der Waals surface area (Å²) in [6, 6.07) is 8.31. The van der Waals surface area contributed by atoms with Crippen LogP contribution in [-0.2, 0) is 0 Å². The van der Waals surface area contributed by atoms with Gasteiger partial charge in [-0.05, 0) is 41.6 Å². The summed E-state index contributed by atoms with van der Waals surface area (Å²) in [6.45, 7) is 3.06. The van der Waals surface area contributed by atoms with Gasteiger partial charge in [-0.1, -0.05) is 18.5 Å². The van der Waals surface area contributed by atoms with E-state index in [1.165, 1.54) is 11.1 Å². The molecule has 0 amide bonds. The summed E-state index contributed by atoms with van der Waals surface area (Å²) < 4.78 is 6.12. The van der Waals surface area contributed by atoms with Crippen LogP contribution >= 0.6 is 22.9 Å². The lowest BCUT2D eigenvalue weighted by Gasteiger charge is -2.32. The van der Waals surface area contributed by atoms with Crippen molar-refractivity contribution in [3.05, 3.63) is 51.2 Å². The van der Waals surface area contributed by atoms with Gasteiger partial charge in [-0.15, -0.1) is 0 Å². The van der Waals surface area contributed by atoms with Gasteiger partial charge in [0.05, 0.1) is 0 Å². The standard InChI is InChI=1S/C15H16ClNOS/c1-2-17-13-8-15(10-5-6-19-9-10)18-14-4-3-11(16)7-12(13)14/h3-7,9,13,15,17H,2,8H2,1H3. The van der Waals surface area contributed by atoms with Crippen LogP contribution in [0.2, 0.25) is 5.02 Å². The Bertz CT molecular complexity index is 555. The predicted octanol–water partition coefficient (Wildman–Crippen LogP) is 4.58. The van der Waals surface area contributed by atoms with Gasteiger partial charge in [0.25, 0.3) is 0 Å². The minimum absolute atomic E-state index is 0.129. The van der Waals surface area contributed by atoms with E-state index in [0.717, 1.165) is 23.7 Å². The molecule has 0 aliphatic carbocycles. The monoisotopic (exact) mass is 293 g/mol. The van der Waals surface area contributed by atoms with Gasteiger partial charge in [0.2, 0.25) is 0 Å². The Kier molecular flexibility index (Phi) is 3.78. The number of hydrogen-bond donors (Lipinski definition) is 1. The summed E-state index contributed by atoms with van der Waals surface area (Å²) >= 11 is 7.81. The summed E-state index contributed by atoms with van der Waals surface area (Å²) in [6.07, 6.45) is 1.07. The van der Waals surface area contributed by atoms with E-state index in [1.807, 2.05) is 18.2 Å². The number of rotatable bonds is 3. The Morgan fingerprint density at radius 3 is 3.05 bits per heavy atom. The summed E-state index contributed by atoms with van der Waals surface area (Å²) in [5.41, 5.74) is 2.43. The van der Waals surface area contributed by atoms with Crippen molar-refractivity contribution < 1.29 is 4.74 Å². The zero-order valence-electron chi connectivity index (χ0n) is 10.7. The molecule has 1 aliphatic heterocycles. The second-order valence-electron chi connectivity index (χ2n) is 4.69. The zero-order valence-corrected chi connectivity index (χ0v) is 12.3. The van der Waals surface area contributed by atoms with E-state index in [-0.39, 0.29) is 6.10 Å². The molecule has 1 N–H and O–H groups in total. The first-order valence-electron chi connectivity index (χ1n) is 6.49. The molecule has 2 aromatic rings. The van der Waals surface area contributed by atoms with Crippen LogP contribution in [0.5, 0.6) is 5.75 Å². The molecule has 1 aromatic heterocycles. The van der Waals surface area contributed by atoms with Crippen molar-refractivity contribution in [2.75, 3.05) is 6.54 Å². The van der Waals surface area contributed by atoms with Gasteiger partial charge in [0.15, 0.2) is 0 Å². The quantitative estimate of drug-likeness (QED) is 0.894. The second-order valence-corrected chi connectivity index (χ2v) is 5.91. The number of ether oxygens (including phenoxy) is 1. The molecular formula is C15H16ClNOS. The molecule has 0 spiro atoms. The number of halogens is 1. The molecule has 2 atom stereocenters. The van der Waals surface area contributed by atoms with Gasteiger partial charge in [0.1, 0.15) is 11.9 Å². The van der Waals surface area contributed by atoms with Crippen LogP contribution in [0.3, 0.4) is 0 Å². The number of thiophene rings is 1. The lowest BCUT2D eigenvalue weighted by molar-refractivity contribution is 0.152. The molecule has 19 heavy (non-hydrogen) atoms. The van der Waals surface area contributed by atoms with Crippen LogP contribution < -0.4 is 10.1 Å². The van der Waals surface area contributed by atoms with Gasteiger partial charge < -0.3 is 10.1 Å². The van der Waals surface area contributed by atoms with Gasteiger partial charge in [0, 0.05) is 28.6 Å². The minimum Gasteiger partial charge on any atom is -0.485 e. The van der Waals surface area contributed by atoms with E-state index in [2.05, 4.69) is 29.1 Å². The van der Waals surface area contributed by atoms with E-state index in [4.69, 9.17) is 16.3 Å². The normalized spacial score (nSPS) is 21.8. The predicted molar refractivity (Wildman–Crippen MR) is 80.2 cm³/mol. The second kappa shape index (κ2) is 5.53. The van der Waals surface area contributed by atoms with Crippen molar-refractivity contribution in [3.8, 4) is 5.75 Å². The smallest absolute Gasteiger partial charge is 0.126 e. The third kappa shape index (κ3) is 2.64. The van der Waals surface area contributed by atoms with Crippen molar-refractivity contribution in [3.63, 3.8) is 0 Å². The highest BCUT2D eigenvalue weighted by Crippen LogP contribution is 2.42. The lowest BCUT2D eigenvalue weighted by atomic mass is 9.94. The molecule has 2 nitrogen and oxygen atoms in total. The fourth-order valence-electron chi connectivity index (χ4n) is 2.54. The van der Waals surface area contributed by atoms with Crippen molar-refractivity contribution in [2.45, 2.75) is 25.5 Å². The first kappa shape index (κ1) is 13.0. The van der Waals surface area contributed by atoms with Crippen LogP contribution in [0.1, 0.15) is 36.6 Å². The van der Waals surface area contributed by atoms with Gasteiger partial charge in [-0.2, -0.15) is 11.3 Å². The first-order valence-corrected chi connectivity index (χ1v) is 7.81. The van der Waals surface area contributed by atoms with Gasteiger partial charge in [-0.25, -0.2) is 0 Å². The molecule has 1 aromatic carbocycles. The fourth-order valence-corrected chi connectivity index (χ4v) is 3.43. The van der Waals surface area contributed by atoms with Crippen molar-refractivity contribution in [1.82, 2.24) is 5.32 Å². The average molecular weight is 294 g/mol. The number of fused-ring (bicyclic) bond motifs is 1. The summed E-state index contributed by atoms with van der Waals surface area (Å²) in [4.78, 5) is 0. The van der Waals surface area contributed by atoms with Crippen molar-refractivity contribution in [1.29, 1.82) is 0 Å². The average Bonchev–Trinajstić information content (AvgIpc) is 2.93. The first-order chi connectivity index (χ1) is 9.28. The van der Waals surface area contributed by atoms with Crippen molar-refractivity contribution >= 4 is 22.9 Å².